The molecule has 0 N–H and O–H groups in total. The van der Waals surface area contributed by atoms with Crippen molar-refractivity contribution in [1.29, 1.82) is 0 Å². The highest BCUT2D eigenvalue weighted by atomic mass is 32.1. The first-order valence-electron chi connectivity index (χ1n) is 8.06. The molecule has 4 rings (SSSR count). The lowest BCUT2D eigenvalue weighted by Crippen LogP contribution is -2.40. The van der Waals surface area contributed by atoms with Crippen LogP contribution in [-0.2, 0) is 12.8 Å². The zero-order valence-electron chi connectivity index (χ0n) is 12.6. The van der Waals surface area contributed by atoms with Gasteiger partial charge in [-0.1, -0.05) is 0 Å². The number of fused-ring (bicyclic) bond motifs is 1. The van der Waals surface area contributed by atoms with Gasteiger partial charge in [-0.2, -0.15) is 5.10 Å². The van der Waals surface area contributed by atoms with Crippen LogP contribution in [0.15, 0.2) is 18.7 Å². The number of hydrogen-bond acceptors (Lipinski definition) is 4. The van der Waals surface area contributed by atoms with E-state index in [1.165, 1.54) is 23.3 Å². The number of amides is 1. The van der Waals surface area contributed by atoms with Gasteiger partial charge in [0, 0.05) is 18.0 Å². The van der Waals surface area contributed by atoms with Crippen molar-refractivity contribution in [3.63, 3.8) is 0 Å². The van der Waals surface area contributed by atoms with E-state index in [0.29, 0.717) is 0 Å². The molecule has 22 heavy (non-hydrogen) atoms. The average molecular weight is 316 g/mol. The third-order valence-electron chi connectivity index (χ3n) is 4.70. The molecule has 116 valence electrons. The predicted molar refractivity (Wildman–Crippen MR) is 85.2 cm³/mol. The zero-order chi connectivity index (χ0) is 14.9. The lowest BCUT2D eigenvalue weighted by atomic mass is 9.99. The molecule has 2 aliphatic rings. The Morgan fingerprint density at radius 1 is 1.27 bits per heavy atom. The molecule has 2 aromatic rings. The van der Waals surface area contributed by atoms with Gasteiger partial charge in [-0.15, -0.1) is 11.3 Å². The van der Waals surface area contributed by atoms with E-state index in [9.17, 15) is 4.79 Å². The summed E-state index contributed by atoms with van der Waals surface area (Å²) in [6, 6.07) is 2.40. The summed E-state index contributed by atoms with van der Waals surface area (Å²) in [6.45, 7) is 1.59. The molecule has 0 radical (unpaired) electrons. The Labute approximate surface area is 134 Å². The minimum atomic E-state index is 0.198. The molecule has 3 heterocycles. The van der Waals surface area contributed by atoms with Gasteiger partial charge in [0.05, 0.1) is 10.9 Å². The molecule has 0 spiro atoms. The number of nitrogens with zero attached hydrogens (tertiary/aromatic N) is 4. The summed E-state index contributed by atoms with van der Waals surface area (Å²) in [5.74, 6) is 0.198. The van der Waals surface area contributed by atoms with Crippen molar-refractivity contribution in [1.82, 2.24) is 19.7 Å². The van der Waals surface area contributed by atoms with Gasteiger partial charge in [-0.25, -0.2) is 9.67 Å². The summed E-state index contributed by atoms with van der Waals surface area (Å²) in [5, 5.41) is 4.23. The van der Waals surface area contributed by atoms with E-state index in [2.05, 4.69) is 16.1 Å². The topological polar surface area (TPSA) is 51.0 Å². The predicted octanol–water partition coefficient (Wildman–Crippen LogP) is 2.70. The molecule has 5 nitrogen and oxygen atoms in total. The molecule has 1 saturated heterocycles. The van der Waals surface area contributed by atoms with Crippen LogP contribution in [0.3, 0.4) is 0 Å². The van der Waals surface area contributed by atoms with Crippen molar-refractivity contribution >= 4 is 17.2 Å². The van der Waals surface area contributed by atoms with E-state index in [1.807, 2.05) is 9.58 Å². The van der Waals surface area contributed by atoms with Crippen LogP contribution in [0.4, 0.5) is 0 Å². The van der Waals surface area contributed by atoms with Gasteiger partial charge >= 0.3 is 0 Å². The molecule has 0 saturated carbocycles. The molecule has 1 atom stereocenters. The first-order chi connectivity index (χ1) is 10.8. The van der Waals surface area contributed by atoms with Crippen LogP contribution in [0.5, 0.6) is 0 Å². The van der Waals surface area contributed by atoms with Gasteiger partial charge in [-0.3, -0.25) is 4.79 Å². The lowest BCUT2D eigenvalue weighted by molar-refractivity contribution is 0.0677. The van der Waals surface area contributed by atoms with Gasteiger partial charge in [0.2, 0.25) is 0 Å². The van der Waals surface area contributed by atoms with E-state index in [0.717, 1.165) is 43.6 Å². The number of thiophene rings is 1. The molecule has 0 unspecified atom stereocenters. The molecule has 2 aromatic heterocycles. The summed E-state index contributed by atoms with van der Waals surface area (Å²) in [7, 11) is 0. The maximum Gasteiger partial charge on any atom is 0.264 e. The Hall–Kier alpha value is -1.69. The number of piperidine rings is 1. The number of likely N-dealkylation sites (tertiary alicyclic amines) is 1. The SMILES string of the molecule is O=C(c1cc2c(s1)CCCC2)N1CCC[C@@H](n2cncn2)C1. The molecule has 1 aliphatic carbocycles. The number of carbonyl (C=O) groups is 1. The fourth-order valence-corrected chi connectivity index (χ4v) is 4.73. The molecule has 0 bridgehead atoms. The van der Waals surface area contributed by atoms with Crippen LogP contribution >= 0.6 is 11.3 Å². The molecule has 1 amide bonds. The fraction of sp³-hybridized carbons (Fsp3) is 0.562. The molecule has 1 fully saturated rings. The summed E-state index contributed by atoms with van der Waals surface area (Å²) < 4.78 is 1.89. The van der Waals surface area contributed by atoms with Crippen LogP contribution in [-0.4, -0.2) is 38.7 Å². The lowest BCUT2D eigenvalue weighted by Gasteiger charge is -2.32. The minimum absolute atomic E-state index is 0.198. The minimum Gasteiger partial charge on any atom is -0.336 e. The summed E-state index contributed by atoms with van der Waals surface area (Å²) >= 11 is 1.71. The largest absolute Gasteiger partial charge is 0.336 e. The van der Waals surface area contributed by atoms with Crippen molar-refractivity contribution in [2.75, 3.05) is 13.1 Å². The maximum atomic E-state index is 12.8. The highest BCUT2D eigenvalue weighted by Crippen LogP contribution is 2.31. The second-order valence-electron chi connectivity index (χ2n) is 6.19. The Bertz CT molecular complexity index is 640. The van der Waals surface area contributed by atoms with Gasteiger partial charge < -0.3 is 4.90 Å². The number of aryl methyl sites for hydroxylation is 2. The van der Waals surface area contributed by atoms with Crippen LogP contribution in [0.25, 0.3) is 0 Å². The third-order valence-corrected chi connectivity index (χ3v) is 5.93. The standard InChI is InChI=1S/C16H20N4OS/c21-16(15-8-12-4-1-2-6-14(12)22-15)19-7-3-5-13(9-19)20-11-17-10-18-20/h8,10-11,13H,1-7,9H2/t13-/m1/s1. The summed E-state index contributed by atoms with van der Waals surface area (Å²) in [6.07, 6.45) is 10.2. The van der Waals surface area contributed by atoms with Crippen molar-refractivity contribution in [2.24, 2.45) is 0 Å². The van der Waals surface area contributed by atoms with Crippen LogP contribution in [0.1, 0.15) is 51.8 Å². The first kappa shape index (κ1) is 13.9. The van der Waals surface area contributed by atoms with Gasteiger partial charge in [-0.05, 0) is 50.2 Å². The Kier molecular flexibility index (Phi) is 3.70. The maximum absolute atomic E-state index is 12.8. The number of hydrogen-bond donors (Lipinski definition) is 0. The van der Waals surface area contributed by atoms with Crippen molar-refractivity contribution in [2.45, 2.75) is 44.6 Å². The second kappa shape index (κ2) is 5.83. The quantitative estimate of drug-likeness (QED) is 0.856. The fourth-order valence-electron chi connectivity index (χ4n) is 3.51. The first-order valence-corrected chi connectivity index (χ1v) is 8.88. The van der Waals surface area contributed by atoms with Gasteiger partial charge in [0.25, 0.3) is 5.91 Å². The Morgan fingerprint density at radius 3 is 3.00 bits per heavy atom. The molecule has 1 aliphatic heterocycles. The summed E-state index contributed by atoms with van der Waals surface area (Å²) in [4.78, 5) is 21.2. The number of carbonyl (C=O) groups excluding carboxylic acids is 1. The average Bonchev–Trinajstić information content (AvgIpc) is 3.23. The Morgan fingerprint density at radius 2 is 2.18 bits per heavy atom. The molecular weight excluding hydrogens is 296 g/mol. The van der Waals surface area contributed by atoms with Crippen LogP contribution in [0.2, 0.25) is 0 Å². The van der Waals surface area contributed by atoms with Crippen LogP contribution in [0, 0.1) is 0 Å². The smallest absolute Gasteiger partial charge is 0.264 e. The molecule has 0 aromatic carbocycles. The molecule has 6 heteroatoms. The summed E-state index contributed by atoms with van der Waals surface area (Å²) in [5.41, 5.74) is 1.41. The monoisotopic (exact) mass is 316 g/mol. The molecular formula is C16H20N4OS. The Balaban J connectivity index is 1.51. The van der Waals surface area contributed by atoms with E-state index in [1.54, 1.807) is 24.0 Å². The normalized spacial score (nSPS) is 21.6. The van der Waals surface area contributed by atoms with E-state index in [4.69, 9.17) is 0 Å². The van der Waals surface area contributed by atoms with Crippen molar-refractivity contribution < 1.29 is 4.79 Å². The third kappa shape index (κ3) is 2.56. The second-order valence-corrected chi connectivity index (χ2v) is 7.33. The van der Waals surface area contributed by atoms with Crippen molar-refractivity contribution in [3.05, 3.63) is 34.0 Å². The van der Waals surface area contributed by atoms with Gasteiger partial charge in [0.1, 0.15) is 12.7 Å². The van der Waals surface area contributed by atoms with Crippen molar-refractivity contribution in [3.8, 4) is 0 Å². The van der Waals surface area contributed by atoms with Gasteiger partial charge in [0.15, 0.2) is 0 Å². The highest BCUT2D eigenvalue weighted by Gasteiger charge is 2.27. The van der Waals surface area contributed by atoms with E-state index in [-0.39, 0.29) is 11.9 Å². The van der Waals surface area contributed by atoms with Crippen LogP contribution < -0.4 is 0 Å². The zero-order valence-corrected chi connectivity index (χ0v) is 13.4. The number of rotatable bonds is 2. The van der Waals surface area contributed by atoms with E-state index >= 15 is 0 Å². The highest BCUT2D eigenvalue weighted by molar-refractivity contribution is 7.14. The van der Waals surface area contributed by atoms with E-state index < -0.39 is 0 Å². The number of aromatic nitrogens is 3.